The van der Waals surface area contributed by atoms with Gasteiger partial charge in [-0.2, -0.15) is 4.98 Å². The second-order valence-electron chi connectivity index (χ2n) is 10.5. The van der Waals surface area contributed by atoms with Crippen molar-refractivity contribution in [1.29, 1.82) is 0 Å². The fraction of sp³-hybridized carbons (Fsp3) is 0.462. The first-order valence-electron chi connectivity index (χ1n) is 11.7. The van der Waals surface area contributed by atoms with Crippen LogP contribution in [0.1, 0.15) is 44.1 Å². The Labute approximate surface area is 191 Å². The topological polar surface area (TPSA) is 71.2 Å². The van der Waals surface area contributed by atoms with Gasteiger partial charge in [0.1, 0.15) is 0 Å². The van der Waals surface area contributed by atoms with Crippen LogP contribution in [0.25, 0.3) is 22.8 Å². The van der Waals surface area contributed by atoms with Crippen LogP contribution in [0.2, 0.25) is 0 Å². The maximum Gasteiger partial charge on any atom is 0.261 e. The molecule has 0 amide bonds. The summed E-state index contributed by atoms with van der Waals surface area (Å²) < 4.78 is 32.9. The van der Waals surface area contributed by atoms with Gasteiger partial charge in [-0.1, -0.05) is 17.3 Å². The summed E-state index contributed by atoms with van der Waals surface area (Å²) in [6, 6.07) is 8.06. The number of phenolic OH excluding ortho intramolecular Hbond substituents is 1. The second kappa shape index (κ2) is 7.54. The second-order valence-corrected chi connectivity index (χ2v) is 10.5. The molecule has 4 fully saturated rings. The number of hydrogen-bond acceptors (Lipinski definition) is 5. The number of aryl methyl sites for hydroxylation is 1. The standard InChI is InChI=1S/C26H27F2N3O2/c1-14-2-3-18(24-30-25(33-31-24)19-4-5-20(27)23(32)22(19)28)9-21(14)29-13-26-10-15-6-16(11-26)8-17(7-15)12-26/h2-5,9,15-17,29,32H,6-8,10-13H2,1H3. The third-order valence-electron chi connectivity index (χ3n) is 8.04. The molecule has 4 aliphatic carbocycles. The number of halogens is 2. The molecule has 0 aliphatic heterocycles. The molecule has 5 nitrogen and oxygen atoms in total. The number of aromatic nitrogens is 2. The van der Waals surface area contributed by atoms with Crippen molar-refractivity contribution in [3.05, 3.63) is 47.5 Å². The molecule has 0 spiro atoms. The van der Waals surface area contributed by atoms with E-state index in [0.29, 0.717) is 11.2 Å². The Balaban J connectivity index is 1.23. The number of aromatic hydroxyl groups is 1. The first-order valence-corrected chi connectivity index (χ1v) is 11.7. The van der Waals surface area contributed by atoms with Crippen molar-refractivity contribution in [2.24, 2.45) is 23.2 Å². The van der Waals surface area contributed by atoms with Crippen molar-refractivity contribution in [1.82, 2.24) is 10.1 Å². The summed E-state index contributed by atoms with van der Waals surface area (Å²) in [5.41, 5.74) is 3.20. The molecule has 4 aliphatic rings. The van der Waals surface area contributed by atoms with Crippen LogP contribution < -0.4 is 5.32 Å². The van der Waals surface area contributed by atoms with E-state index >= 15 is 0 Å². The minimum Gasteiger partial charge on any atom is -0.503 e. The maximum absolute atomic E-state index is 14.3. The molecule has 1 heterocycles. The highest BCUT2D eigenvalue weighted by atomic mass is 19.1. The summed E-state index contributed by atoms with van der Waals surface area (Å²) in [6.45, 7) is 3.06. The molecule has 0 saturated heterocycles. The van der Waals surface area contributed by atoms with Crippen LogP contribution in [-0.2, 0) is 0 Å². The summed E-state index contributed by atoms with van der Waals surface area (Å²) in [6.07, 6.45) is 8.32. The summed E-state index contributed by atoms with van der Waals surface area (Å²) >= 11 is 0. The molecule has 3 aromatic rings. The highest BCUT2D eigenvalue weighted by Crippen LogP contribution is 2.60. The van der Waals surface area contributed by atoms with Crippen molar-refractivity contribution in [2.75, 3.05) is 11.9 Å². The van der Waals surface area contributed by atoms with Gasteiger partial charge in [-0.15, -0.1) is 0 Å². The highest BCUT2D eigenvalue weighted by molar-refractivity contribution is 5.67. The predicted molar refractivity (Wildman–Crippen MR) is 121 cm³/mol. The number of anilines is 1. The van der Waals surface area contributed by atoms with Crippen LogP contribution >= 0.6 is 0 Å². The van der Waals surface area contributed by atoms with Crippen LogP contribution in [0.15, 0.2) is 34.9 Å². The van der Waals surface area contributed by atoms with E-state index in [1.807, 2.05) is 18.2 Å². The van der Waals surface area contributed by atoms with Gasteiger partial charge in [-0.05, 0) is 92.4 Å². The predicted octanol–water partition coefficient (Wildman–Crippen LogP) is 6.32. The van der Waals surface area contributed by atoms with E-state index in [2.05, 4.69) is 22.4 Å². The molecule has 2 aromatic carbocycles. The molecular weight excluding hydrogens is 424 g/mol. The number of nitrogens with one attached hydrogen (secondary N) is 1. The zero-order valence-electron chi connectivity index (χ0n) is 18.6. The van der Waals surface area contributed by atoms with Gasteiger partial charge >= 0.3 is 0 Å². The molecule has 7 heteroatoms. The van der Waals surface area contributed by atoms with Gasteiger partial charge in [-0.25, -0.2) is 8.78 Å². The first kappa shape index (κ1) is 20.6. The van der Waals surface area contributed by atoms with E-state index in [-0.39, 0.29) is 11.5 Å². The van der Waals surface area contributed by atoms with E-state index in [9.17, 15) is 13.9 Å². The maximum atomic E-state index is 14.3. The number of phenols is 1. The van der Waals surface area contributed by atoms with Crippen LogP contribution in [0.3, 0.4) is 0 Å². The van der Waals surface area contributed by atoms with Gasteiger partial charge in [0.25, 0.3) is 5.89 Å². The zero-order valence-corrected chi connectivity index (χ0v) is 18.6. The number of benzene rings is 2. The lowest BCUT2D eigenvalue weighted by Crippen LogP contribution is -2.49. The van der Waals surface area contributed by atoms with E-state index in [4.69, 9.17) is 4.52 Å². The zero-order chi connectivity index (χ0) is 22.7. The smallest absolute Gasteiger partial charge is 0.261 e. The van der Waals surface area contributed by atoms with Crippen molar-refractivity contribution in [2.45, 2.75) is 45.4 Å². The van der Waals surface area contributed by atoms with Gasteiger partial charge in [0.2, 0.25) is 5.82 Å². The molecule has 1 aromatic heterocycles. The number of rotatable bonds is 5. The fourth-order valence-electron chi connectivity index (χ4n) is 6.90. The molecule has 0 atom stereocenters. The van der Waals surface area contributed by atoms with Crippen molar-refractivity contribution in [3.8, 4) is 28.6 Å². The van der Waals surface area contributed by atoms with E-state index in [0.717, 1.165) is 47.2 Å². The molecule has 2 N–H and O–H groups in total. The van der Waals surface area contributed by atoms with Gasteiger partial charge in [0, 0.05) is 17.8 Å². The average Bonchev–Trinajstić information content (AvgIpc) is 3.26. The summed E-state index contributed by atoms with van der Waals surface area (Å²) in [7, 11) is 0. The lowest BCUT2D eigenvalue weighted by atomic mass is 9.49. The van der Waals surface area contributed by atoms with Gasteiger partial charge < -0.3 is 14.9 Å². The monoisotopic (exact) mass is 451 g/mol. The van der Waals surface area contributed by atoms with Crippen molar-refractivity contribution in [3.63, 3.8) is 0 Å². The molecule has 7 rings (SSSR count). The van der Waals surface area contributed by atoms with Gasteiger partial charge in [-0.3, -0.25) is 0 Å². The Bertz CT molecular complexity index is 1190. The van der Waals surface area contributed by atoms with Crippen molar-refractivity contribution < 1.29 is 18.4 Å². The van der Waals surface area contributed by atoms with E-state index in [1.54, 1.807) is 0 Å². The fourth-order valence-corrected chi connectivity index (χ4v) is 6.90. The lowest BCUT2D eigenvalue weighted by Gasteiger charge is -2.57. The van der Waals surface area contributed by atoms with Gasteiger partial charge in [0.05, 0.1) is 5.56 Å². The molecule has 0 radical (unpaired) electrons. The highest BCUT2D eigenvalue weighted by Gasteiger charge is 2.50. The van der Waals surface area contributed by atoms with Crippen LogP contribution in [0, 0.1) is 41.7 Å². The third-order valence-corrected chi connectivity index (χ3v) is 8.04. The summed E-state index contributed by atoms with van der Waals surface area (Å²) in [4.78, 5) is 4.29. The van der Waals surface area contributed by atoms with Crippen molar-refractivity contribution >= 4 is 5.69 Å². The van der Waals surface area contributed by atoms with Crippen LogP contribution in [-0.4, -0.2) is 21.8 Å². The van der Waals surface area contributed by atoms with Crippen LogP contribution in [0.4, 0.5) is 14.5 Å². The first-order chi connectivity index (χ1) is 15.9. The summed E-state index contributed by atoms with van der Waals surface area (Å²) in [5, 5.41) is 17.2. The summed E-state index contributed by atoms with van der Waals surface area (Å²) in [5.74, 6) is -0.277. The Hall–Kier alpha value is -2.96. The SMILES string of the molecule is Cc1ccc(-c2noc(-c3ccc(F)c(O)c3F)n2)cc1NCC12CC3CC(CC(C3)C1)C2. The minimum absolute atomic E-state index is 0.110. The molecule has 0 unspecified atom stereocenters. The number of nitrogens with zero attached hydrogens (tertiary/aromatic N) is 2. The molecule has 33 heavy (non-hydrogen) atoms. The lowest BCUT2D eigenvalue weighted by molar-refractivity contribution is -0.0444. The Morgan fingerprint density at radius 3 is 2.45 bits per heavy atom. The molecule has 4 saturated carbocycles. The third kappa shape index (κ3) is 3.58. The van der Waals surface area contributed by atoms with Gasteiger partial charge in [0.15, 0.2) is 17.4 Å². The Morgan fingerprint density at radius 2 is 1.76 bits per heavy atom. The Kier molecular flexibility index (Phi) is 4.71. The quantitative estimate of drug-likeness (QED) is 0.475. The molecule has 172 valence electrons. The minimum atomic E-state index is -1.12. The van der Waals surface area contributed by atoms with E-state index in [1.165, 1.54) is 44.6 Å². The normalized spacial score (nSPS) is 27.8. The van der Waals surface area contributed by atoms with E-state index < -0.39 is 17.4 Å². The average molecular weight is 452 g/mol. The Morgan fingerprint density at radius 1 is 1.06 bits per heavy atom. The molecular formula is C26H27F2N3O2. The number of hydrogen-bond donors (Lipinski definition) is 2. The van der Waals surface area contributed by atoms with Crippen LogP contribution in [0.5, 0.6) is 5.75 Å². The largest absolute Gasteiger partial charge is 0.503 e. The molecule has 4 bridgehead atoms.